The molecule has 2 N–H and O–H groups in total. The van der Waals surface area contributed by atoms with Gasteiger partial charge in [-0.2, -0.15) is 0 Å². The van der Waals surface area contributed by atoms with Gasteiger partial charge in [0.2, 0.25) is 0 Å². The largest absolute Gasteiger partial charge is 0.341 e. The molecule has 92 valence electrons. The van der Waals surface area contributed by atoms with E-state index in [1.165, 1.54) is 11.1 Å². The summed E-state index contributed by atoms with van der Waals surface area (Å²) >= 11 is 5.50. The second kappa shape index (κ2) is 5.38. The minimum Gasteiger partial charge on any atom is -0.341 e. The van der Waals surface area contributed by atoms with Crippen molar-refractivity contribution in [3.05, 3.63) is 34.9 Å². The number of carbonyl (C=O) groups excluding carboxylic acids is 1. The summed E-state index contributed by atoms with van der Waals surface area (Å²) in [4.78, 5) is 16.0. The monoisotopic (exact) mass is 253 g/mol. The van der Waals surface area contributed by atoms with E-state index in [1.54, 1.807) is 7.05 Å². The molecule has 0 atom stereocenters. The molecule has 0 unspecified atom stereocenters. The highest BCUT2D eigenvalue weighted by Crippen LogP contribution is 2.20. The molecular weight excluding hydrogens is 238 g/mol. The summed E-state index contributed by atoms with van der Waals surface area (Å²) in [6.45, 7) is 2.08. The average Bonchev–Trinajstić information content (AvgIpc) is 2.37. The van der Waals surface area contributed by atoms with E-state index in [4.69, 9.17) is 11.8 Å². The molecular formula is C12H16ClN3O. The summed E-state index contributed by atoms with van der Waals surface area (Å²) < 4.78 is 0. The van der Waals surface area contributed by atoms with E-state index in [2.05, 4.69) is 28.4 Å². The Balaban J connectivity index is 2.17. The fourth-order valence-electron chi connectivity index (χ4n) is 2.13. The van der Waals surface area contributed by atoms with Gasteiger partial charge in [-0.05, 0) is 34.9 Å². The Kier molecular flexibility index (Phi) is 3.86. The highest BCUT2D eigenvalue weighted by Gasteiger charge is 2.19. The standard InChI is InChI=1S/C12H16ClN3O/c1-14-12(17)16-5-4-10-3-2-9(7-15-13)6-11(10)8-16/h2-3,6,15H,4-5,7-8H2,1H3,(H,14,17). The first-order chi connectivity index (χ1) is 8.24. The van der Waals surface area contributed by atoms with Crippen LogP contribution in [0.3, 0.4) is 0 Å². The number of fused-ring (bicyclic) bond motifs is 1. The first kappa shape index (κ1) is 12.2. The summed E-state index contributed by atoms with van der Waals surface area (Å²) in [6.07, 6.45) is 0.914. The third-order valence-electron chi connectivity index (χ3n) is 3.05. The van der Waals surface area contributed by atoms with Crippen LogP contribution in [-0.4, -0.2) is 24.5 Å². The highest BCUT2D eigenvalue weighted by molar-refractivity contribution is 6.13. The maximum Gasteiger partial charge on any atom is 0.317 e. The van der Waals surface area contributed by atoms with Crippen LogP contribution in [-0.2, 0) is 19.5 Å². The van der Waals surface area contributed by atoms with Gasteiger partial charge in [0.1, 0.15) is 0 Å². The molecule has 0 saturated heterocycles. The van der Waals surface area contributed by atoms with Gasteiger partial charge in [-0.25, -0.2) is 9.63 Å². The zero-order valence-corrected chi connectivity index (χ0v) is 10.5. The SMILES string of the molecule is CNC(=O)N1CCc2ccc(CNCl)cc2C1. The van der Waals surface area contributed by atoms with E-state index >= 15 is 0 Å². The van der Waals surface area contributed by atoms with E-state index < -0.39 is 0 Å². The molecule has 0 spiro atoms. The van der Waals surface area contributed by atoms with Crippen molar-refractivity contribution in [1.29, 1.82) is 0 Å². The van der Waals surface area contributed by atoms with E-state index in [1.807, 2.05) is 4.90 Å². The van der Waals surface area contributed by atoms with Crippen LogP contribution in [0.15, 0.2) is 18.2 Å². The third kappa shape index (κ3) is 2.70. The molecule has 0 saturated carbocycles. The normalized spacial score (nSPS) is 14.4. The van der Waals surface area contributed by atoms with Crippen LogP contribution < -0.4 is 10.2 Å². The zero-order chi connectivity index (χ0) is 12.3. The van der Waals surface area contributed by atoms with Crippen molar-refractivity contribution in [3.63, 3.8) is 0 Å². The molecule has 4 nitrogen and oxygen atoms in total. The van der Waals surface area contributed by atoms with Crippen LogP contribution >= 0.6 is 11.8 Å². The number of halogens is 1. The summed E-state index contributed by atoms with van der Waals surface area (Å²) in [6, 6.07) is 6.29. The number of rotatable bonds is 2. The van der Waals surface area contributed by atoms with Crippen LogP contribution in [0.2, 0.25) is 0 Å². The Hall–Kier alpha value is -1.26. The lowest BCUT2D eigenvalue weighted by Gasteiger charge is -2.28. The van der Waals surface area contributed by atoms with Gasteiger partial charge < -0.3 is 10.2 Å². The summed E-state index contributed by atoms with van der Waals surface area (Å²) in [7, 11) is 1.66. The molecule has 2 rings (SSSR count). The maximum absolute atomic E-state index is 11.6. The second-order valence-corrected chi connectivity index (χ2v) is 4.41. The number of nitrogens with zero attached hydrogens (tertiary/aromatic N) is 1. The van der Waals surface area contributed by atoms with Crippen LogP contribution in [0.25, 0.3) is 0 Å². The van der Waals surface area contributed by atoms with Crippen molar-refractivity contribution in [3.8, 4) is 0 Å². The van der Waals surface area contributed by atoms with Gasteiger partial charge in [-0.1, -0.05) is 18.2 Å². The fraction of sp³-hybridized carbons (Fsp3) is 0.417. The Morgan fingerprint density at radius 2 is 2.29 bits per heavy atom. The molecule has 1 aliphatic rings. The molecule has 0 radical (unpaired) electrons. The molecule has 5 heteroatoms. The quantitative estimate of drug-likeness (QED) is 0.787. The zero-order valence-electron chi connectivity index (χ0n) is 9.79. The number of hydrogen-bond donors (Lipinski definition) is 2. The summed E-state index contributed by atoms with van der Waals surface area (Å²) in [5.41, 5.74) is 3.67. The molecule has 1 aromatic rings. The minimum atomic E-state index is -0.0171. The number of amides is 2. The number of benzene rings is 1. The van der Waals surface area contributed by atoms with Gasteiger partial charge >= 0.3 is 6.03 Å². The first-order valence-electron chi connectivity index (χ1n) is 5.65. The van der Waals surface area contributed by atoms with Gasteiger partial charge in [0, 0.05) is 26.7 Å². The molecule has 0 fully saturated rings. The Morgan fingerprint density at radius 1 is 1.47 bits per heavy atom. The number of hydrogen-bond acceptors (Lipinski definition) is 2. The van der Waals surface area contributed by atoms with E-state index in [0.29, 0.717) is 13.1 Å². The van der Waals surface area contributed by atoms with E-state index in [0.717, 1.165) is 18.5 Å². The molecule has 0 aliphatic carbocycles. The fourth-order valence-corrected chi connectivity index (χ4v) is 2.28. The van der Waals surface area contributed by atoms with Crippen LogP contribution in [0.1, 0.15) is 16.7 Å². The van der Waals surface area contributed by atoms with Gasteiger partial charge in [0.25, 0.3) is 0 Å². The second-order valence-electron chi connectivity index (χ2n) is 4.14. The predicted octanol–water partition coefficient (Wildman–Crippen LogP) is 1.63. The molecule has 0 bridgehead atoms. The van der Waals surface area contributed by atoms with Gasteiger partial charge in [-0.3, -0.25) is 0 Å². The predicted molar refractivity (Wildman–Crippen MR) is 67.7 cm³/mol. The molecule has 0 aromatic heterocycles. The average molecular weight is 254 g/mol. The van der Waals surface area contributed by atoms with Gasteiger partial charge in [0.05, 0.1) is 0 Å². The lowest BCUT2D eigenvalue weighted by atomic mass is 9.97. The van der Waals surface area contributed by atoms with Crippen LogP contribution in [0.5, 0.6) is 0 Å². The highest BCUT2D eigenvalue weighted by atomic mass is 35.5. The van der Waals surface area contributed by atoms with E-state index in [9.17, 15) is 4.79 Å². The van der Waals surface area contributed by atoms with Crippen LogP contribution in [0, 0.1) is 0 Å². The van der Waals surface area contributed by atoms with E-state index in [-0.39, 0.29) is 6.03 Å². The van der Waals surface area contributed by atoms with Crippen molar-refractivity contribution in [2.45, 2.75) is 19.5 Å². The Bertz CT molecular complexity index is 422. The molecule has 1 aromatic carbocycles. The van der Waals surface area contributed by atoms with Crippen molar-refractivity contribution >= 4 is 17.8 Å². The van der Waals surface area contributed by atoms with Crippen LogP contribution in [0.4, 0.5) is 4.79 Å². The number of carbonyl (C=O) groups is 1. The van der Waals surface area contributed by atoms with Crippen molar-refractivity contribution < 1.29 is 4.79 Å². The third-order valence-corrected chi connectivity index (χ3v) is 3.19. The van der Waals surface area contributed by atoms with Gasteiger partial charge in [0.15, 0.2) is 0 Å². The van der Waals surface area contributed by atoms with Crippen molar-refractivity contribution in [2.24, 2.45) is 0 Å². The lowest BCUT2D eigenvalue weighted by molar-refractivity contribution is 0.194. The minimum absolute atomic E-state index is 0.0171. The lowest BCUT2D eigenvalue weighted by Crippen LogP contribution is -2.41. The topological polar surface area (TPSA) is 44.4 Å². The van der Waals surface area contributed by atoms with Crippen molar-refractivity contribution in [1.82, 2.24) is 15.1 Å². The number of urea groups is 1. The molecule has 1 aliphatic heterocycles. The van der Waals surface area contributed by atoms with Crippen molar-refractivity contribution in [2.75, 3.05) is 13.6 Å². The first-order valence-corrected chi connectivity index (χ1v) is 6.03. The molecule has 1 heterocycles. The summed E-state index contributed by atoms with van der Waals surface area (Å²) in [5, 5.41) is 2.66. The molecule has 2 amide bonds. The smallest absolute Gasteiger partial charge is 0.317 e. The maximum atomic E-state index is 11.6. The number of nitrogens with one attached hydrogen (secondary N) is 2. The van der Waals surface area contributed by atoms with Gasteiger partial charge in [-0.15, -0.1) is 0 Å². The summed E-state index contributed by atoms with van der Waals surface area (Å²) in [5.74, 6) is 0. The Labute approximate surface area is 106 Å². The Morgan fingerprint density at radius 3 is 3.00 bits per heavy atom. The molecule has 17 heavy (non-hydrogen) atoms.